The molecule has 0 saturated carbocycles. The number of amides is 1. The molecule has 0 radical (unpaired) electrons. The Bertz CT molecular complexity index is 723. The molecule has 0 atom stereocenters. The Morgan fingerprint density at radius 3 is 3.00 bits per heavy atom. The average Bonchev–Trinajstić information content (AvgIpc) is 3.30. The monoisotopic (exact) mass is 376 g/mol. The lowest BCUT2D eigenvalue weighted by Crippen LogP contribution is -2.46. The number of carbonyl (C=O) groups excluding carboxylic acids is 1. The maximum Gasteiger partial charge on any atom is 0.242 e. The Kier molecular flexibility index (Phi) is 6.09. The van der Waals surface area contributed by atoms with Crippen LogP contribution in [0.25, 0.3) is 0 Å². The number of rotatable bonds is 5. The Morgan fingerprint density at radius 1 is 1.36 bits per heavy atom. The summed E-state index contributed by atoms with van der Waals surface area (Å²) in [5.41, 5.74) is 1.29. The first-order valence-corrected chi connectivity index (χ1v) is 10.2. The second kappa shape index (κ2) is 8.49. The van der Waals surface area contributed by atoms with Gasteiger partial charge in [-0.05, 0) is 41.3 Å². The van der Waals surface area contributed by atoms with Crippen LogP contribution in [-0.2, 0) is 24.2 Å². The summed E-state index contributed by atoms with van der Waals surface area (Å²) in [5, 5.41) is 7.41. The molecular formula is C18H24N4OS2. The Hall–Kier alpha value is -1.86. The molecule has 2 aromatic heterocycles. The van der Waals surface area contributed by atoms with Crippen LogP contribution in [0.1, 0.15) is 15.3 Å². The van der Waals surface area contributed by atoms with E-state index in [0.29, 0.717) is 0 Å². The number of likely N-dealkylation sites (N-methyl/N-ethyl adjacent to an activating group) is 1. The second-order valence-corrected chi connectivity index (χ2v) is 8.12. The number of fused-ring (bicyclic) bond motifs is 1. The number of nitrogens with zero attached hydrogens (tertiary/aromatic N) is 3. The fourth-order valence-corrected chi connectivity index (χ4v) is 4.54. The Labute approximate surface area is 157 Å². The Balaban J connectivity index is 1.46. The largest absolute Gasteiger partial charge is 0.347 e. The fraction of sp³-hybridized carbons (Fsp3) is 0.444. The van der Waals surface area contributed by atoms with Crippen LogP contribution in [0.2, 0.25) is 0 Å². The molecule has 3 rings (SSSR count). The summed E-state index contributed by atoms with van der Waals surface area (Å²) in [5.74, 6) is 0.891. The van der Waals surface area contributed by atoms with Gasteiger partial charge in [-0.15, -0.1) is 22.7 Å². The number of aliphatic imine (C=N–C) groups is 1. The van der Waals surface area contributed by atoms with Crippen LogP contribution < -0.4 is 5.32 Å². The number of thiophene rings is 2. The molecule has 7 heteroatoms. The molecule has 0 bridgehead atoms. The number of guanidine groups is 1. The van der Waals surface area contributed by atoms with E-state index >= 15 is 0 Å². The van der Waals surface area contributed by atoms with Gasteiger partial charge in [0.05, 0.1) is 6.54 Å². The zero-order valence-corrected chi connectivity index (χ0v) is 16.3. The zero-order chi connectivity index (χ0) is 17.6. The van der Waals surface area contributed by atoms with Crippen molar-refractivity contribution in [1.82, 2.24) is 15.1 Å². The van der Waals surface area contributed by atoms with Crippen LogP contribution in [0.3, 0.4) is 0 Å². The van der Waals surface area contributed by atoms with Crippen LogP contribution in [0.15, 0.2) is 34.0 Å². The van der Waals surface area contributed by atoms with Crippen molar-refractivity contribution in [2.45, 2.75) is 19.4 Å². The summed E-state index contributed by atoms with van der Waals surface area (Å²) < 4.78 is 0. The maximum absolute atomic E-state index is 12.5. The first kappa shape index (κ1) is 17.9. The summed E-state index contributed by atoms with van der Waals surface area (Å²) in [7, 11) is 3.76. The minimum Gasteiger partial charge on any atom is -0.347 e. The van der Waals surface area contributed by atoms with Gasteiger partial charge in [-0.2, -0.15) is 0 Å². The van der Waals surface area contributed by atoms with Crippen molar-refractivity contribution in [2.75, 3.05) is 33.7 Å². The minimum atomic E-state index is 0.129. The predicted molar refractivity (Wildman–Crippen MR) is 105 cm³/mol. The predicted octanol–water partition coefficient (Wildman–Crippen LogP) is 2.44. The van der Waals surface area contributed by atoms with Gasteiger partial charge >= 0.3 is 0 Å². The van der Waals surface area contributed by atoms with Gasteiger partial charge in [-0.3, -0.25) is 9.79 Å². The minimum absolute atomic E-state index is 0.129. The molecular weight excluding hydrogens is 352 g/mol. The molecule has 0 saturated heterocycles. The quantitative estimate of drug-likeness (QED) is 0.644. The molecule has 25 heavy (non-hydrogen) atoms. The van der Waals surface area contributed by atoms with E-state index in [-0.39, 0.29) is 12.5 Å². The lowest BCUT2D eigenvalue weighted by molar-refractivity contribution is -0.130. The van der Waals surface area contributed by atoms with Crippen molar-refractivity contribution in [1.29, 1.82) is 0 Å². The van der Waals surface area contributed by atoms with Gasteiger partial charge in [0.15, 0.2) is 5.96 Å². The third-order valence-corrected chi connectivity index (χ3v) is 6.36. The molecule has 0 fully saturated rings. The average molecular weight is 377 g/mol. The van der Waals surface area contributed by atoms with Gasteiger partial charge in [-0.25, -0.2) is 0 Å². The van der Waals surface area contributed by atoms with Crippen molar-refractivity contribution >= 4 is 34.5 Å². The van der Waals surface area contributed by atoms with Crippen LogP contribution in [0.5, 0.6) is 0 Å². The molecule has 1 amide bonds. The van der Waals surface area contributed by atoms with Crippen LogP contribution in [0.4, 0.5) is 0 Å². The molecule has 2 aromatic rings. The van der Waals surface area contributed by atoms with Crippen molar-refractivity contribution < 1.29 is 4.79 Å². The summed E-state index contributed by atoms with van der Waals surface area (Å²) in [6.45, 7) is 2.69. The summed E-state index contributed by atoms with van der Waals surface area (Å²) in [6, 6.07) is 6.35. The van der Waals surface area contributed by atoms with E-state index in [1.54, 1.807) is 29.7 Å². The maximum atomic E-state index is 12.5. The lowest BCUT2D eigenvalue weighted by atomic mass is 10.1. The van der Waals surface area contributed by atoms with E-state index in [1.165, 1.54) is 15.3 Å². The zero-order valence-electron chi connectivity index (χ0n) is 14.7. The Morgan fingerprint density at radius 2 is 2.24 bits per heavy atom. The number of carbonyl (C=O) groups is 1. The van der Waals surface area contributed by atoms with Gasteiger partial charge in [0.25, 0.3) is 0 Å². The van der Waals surface area contributed by atoms with Gasteiger partial charge in [0.2, 0.25) is 5.91 Å². The van der Waals surface area contributed by atoms with E-state index in [2.05, 4.69) is 44.2 Å². The van der Waals surface area contributed by atoms with Crippen molar-refractivity contribution in [3.8, 4) is 0 Å². The molecule has 0 aliphatic carbocycles. The molecule has 1 aliphatic heterocycles. The van der Waals surface area contributed by atoms with Gasteiger partial charge < -0.3 is 15.1 Å². The SMILES string of the molecule is CN=C(NCC(=O)N1CCc2sccc2C1)N(C)CCc1cccs1. The van der Waals surface area contributed by atoms with Crippen molar-refractivity contribution in [3.63, 3.8) is 0 Å². The van der Waals surface area contributed by atoms with E-state index in [4.69, 9.17) is 0 Å². The highest BCUT2D eigenvalue weighted by Gasteiger charge is 2.21. The van der Waals surface area contributed by atoms with Crippen molar-refractivity contribution in [2.24, 2.45) is 4.99 Å². The first-order chi connectivity index (χ1) is 12.2. The van der Waals surface area contributed by atoms with E-state index in [9.17, 15) is 4.79 Å². The molecule has 1 N–H and O–H groups in total. The lowest BCUT2D eigenvalue weighted by Gasteiger charge is -2.28. The van der Waals surface area contributed by atoms with Gasteiger partial charge in [0, 0.05) is 43.5 Å². The fourth-order valence-electron chi connectivity index (χ4n) is 2.95. The molecule has 5 nitrogen and oxygen atoms in total. The first-order valence-electron chi connectivity index (χ1n) is 8.44. The molecule has 1 aliphatic rings. The number of hydrogen-bond donors (Lipinski definition) is 1. The van der Waals surface area contributed by atoms with Crippen molar-refractivity contribution in [3.05, 3.63) is 44.3 Å². The van der Waals surface area contributed by atoms with Gasteiger partial charge in [-0.1, -0.05) is 6.07 Å². The normalized spacial score (nSPS) is 14.3. The summed E-state index contributed by atoms with van der Waals surface area (Å²) in [4.78, 5) is 23.6. The molecule has 3 heterocycles. The molecule has 134 valence electrons. The van der Waals surface area contributed by atoms with E-state index in [1.807, 2.05) is 11.9 Å². The third kappa shape index (κ3) is 4.61. The van der Waals surface area contributed by atoms with Crippen LogP contribution in [0, 0.1) is 0 Å². The van der Waals surface area contributed by atoms with Crippen LogP contribution in [-0.4, -0.2) is 55.4 Å². The molecule has 0 aromatic carbocycles. The number of hydrogen-bond acceptors (Lipinski definition) is 4. The van der Waals surface area contributed by atoms with Crippen LogP contribution >= 0.6 is 22.7 Å². The highest BCUT2D eigenvalue weighted by Crippen LogP contribution is 2.23. The van der Waals surface area contributed by atoms with E-state index < -0.39 is 0 Å². The summed E-state index contributed by atoms with van der Waals surface area (Å²) >= 11 is 3.56. The standard InChI is InChI=1S/C18H24N4OS2/c1-19-18(21(2)8-5-15-4-3-10-24-15)20-12-17(23)22-9-6-16-14(13-22)7-11-25-16/h3-4,7,10-11H,5-6,8-9,12-13H2,1-2H3,(H,19,20). The smallest absolute Gasteiger partial charge is 0.242 e. The van der Waals surface area contributed by atoms with E-state index in [0.717, 1.165) is 38.4 Å². The molecule has 0 spiro atoms. The topological polar surface area (TPSA) is 47.9 Å². The molecule has 0 unspecified atom stereocenters. The van der Waals surface area contributed by atoms with Gasteiger partial charge in [0.1, 0.15) is 0 Å². The summed E-state index contributed by atoms with van der Waals surface area (Å²) in [6.07, 6.45) is 1.95. The highest BCUT2D eigenvalue weighted by molar-refractivity contribution is 7.10. The highest BCUT2D eigenvalue weighted by atomic mass is 32.1. The number of nitrogens with one attached hydrogen (secondary N) is 1. The second-order valence-electron chi connectivity index (χ2n) is 6.09. The third-order valence-electron chi connectivity index (χ3n) is 4.41.